The summed E-state index contributed by atoms with van der Waals surface area (Å²) in [7, 11) is 0. The minimum atomic E-state index is 0.0480. The molecule has 2 heterocycles. The summed E-state index contributed by atoms with van der Waals surface area (Å²) < 4.78 is 1.77. The van der Waals surface area contributed by atoms with Gasteiger partial charge in [0.2, 0.25) is 0 Å². The molecule has 14 heavy (non-hydrogen) atoms. The molecule has 0 unspecified atom stereocenters. The van der Waals surface area contributed by atoms with Crippen molar-refractivity contribution in [3.05, 3.63) is 51.4 Å². The quantitative estimate of drug-likeness (QED) is 0.619. The summed E-state index contributed by atoms with van der Waals surface area (Å²) in [6.07, 6.45) is 0. The van der Waals surface area contributed by atoms with E-state index in [1.54, 1.807) is 10.5 Å². The Kier molecular flexibility index (Phi) is 1.92. The van der Waals surface area contributed by atoms with Gasteiger partial charge in [0.1, 0.15) is 0 Å². The van der Waals surface area contributed by atoms with E-state index in [9.17, 15) is 4.79 Å². The molecule has 72 valence electrons. The third-order valence-corrected chi connectivity index (χ3v) is 2.59. The highest BCUT2D eigenvalue weighted by molar-refractivity contribution is 5.60. The van der Waals surface area contributed by atoms with Crippen LogP contribution in [-0.4, -0.2) is 4.40 Å². The molecular weight excluding hydrogens is 174 g/mol. The standard InChI is InChI=1S/C12H13NO/c1-8-4-6-10(3)13-11(14)7-5-9(2)12(8)13/h4-7H,1-3H3. The molecule has 0 aliphatic rings. The predicted molar refractivity (Wildman–Crippen MR) is 57.9 cm³/mol. The van der Waals surface area contributed by atoms with Crippen LogP contribution in [0.1, 0.15) is 16.8 Å². The lowest BCUT2D eigenvalue weighted by Gasteiger charge is -2.09. The lowest BCUT2D eigenvalue weighted by molar-refractivity contribution is 1.01. The van der Waals surface area contributed by atoms with Crippen LogP contribution < -0.4 is 5.56 Å². The van der Waals surface area contributed by atoms with Crippen LogP contribution >= 0.6 is 0 Å². The summed E-state index contributed by atoms with van der Waals surface area (Å²) >= 11 is 0. The van der Waals surface area contributed by atoms with E-state index in [1.807, 2.05) is 32.9 Å². The molecule has 0 radical (unpaired) electrons. The summed E-state index contributed by atoms with van der Waals surface area (Å²) in [5, 5.41) is 0. The molecule has 0 saturated heterocycles. The molecule has 0 bridgehead atoms. The van der Waals surface area contributed by atoms with Gasteiger partial charge in [-0.2, -0.15) is 0 Å². The average molecular weight is 187 g/mol. The van der Waals surface area contributed by atoms with E-state index in [4.69, 9.17) is 0 Å². The fourth-order valence-corrected chi connectivity index (χ4v) is 1.87. The van der Waals surface area contributed by atoms with E-state index in [0.29, 0.717) is 0 Å². The third kappa shape index (κ3) is 1.15. The van der Waals surface area contributed by atoms with Gasteiger partial charge >= 0.3 is 0 Å². The Morgan fingerprint density at radius 1 is 0.929 bits per heavy atom. The zero-order valence-corrected chi connectivity index (χ0v) is 8.66. The first kappa shape index (κ1) is 9.00. The maximum Gasteiger partial charge on any atom is 0.255 e. The van der Waals surface area contributed by atoms with E-state index in [2.05, 4.69) is 6.07 Å². The maximum absolute atomic E-state index is 11.7. The summed E-state index contributed by atoms with van der Waals surface area (Å²) in [6.45, 7) is 6.01. The molecule has 0 amide bonds. The summed E-state index contributed by atoms with van der Waals surface area (Å²) in [4.78, 5) is 11.7. The van der Waals surface area contributed by atoms with Gasteiger partial charge in [-0.05, 0) is 38.0 Å². The summed E-state index contributed by atoms with van der Waals surface area (Å²) in [5.41, 5.74) is 4.36. The second-order valence-electron chi connectivity index (χ2n) is 3.70. The number of fused-ring (bicyclic) bond motifs is 1. The van der Waals surface area contributed by atoms with Crippen molar-refractivity contribution in [2.75, 3.05) is 0 Å². The highest BCUT2D eigenvalue weighted by Gasteiger charge is 2.04. The smallest absolute Gasteiger partial charge is 0.255 e. The number of aromatic nitrogens is 1. The highest BCUT2D eigenvalue weighted by atomic mass is 16.1. The van der Waals surface area contributed by atoms with Crippen LogP contribution in [0.5, 0.6) is 0 Å². The first-order chi connectivity index (χ1) is 6.61. The van der Waals surface area contributed by atoms with Gasteiger partial charge in [-0.15, -0.1) is 0 Å². The van der Waals surface area contributed by atoms with Crippen LogP contribution in [0.15, 0.2) is 29.1 Å². The molecule has 2 heteroatoms. The van der Waals surface area contributed by atoms with Crippen LogP contribution in [0.2, 0.25) is 0 Å². The SMILES string of the molecule is Cc1ccc(C)n2c(=O)ccc(C)c12. The molecule has 2 nitrogen and oxygen atoms in total. The summed E-state index contributed by atoms with van der Waals surface area (Å²) in [6, 6.07) is 7.53. The topological polar surface area (TPSA) is 21.5 Å². The van der Waals surface area contributed by atoms with Crippen molar-refractivity contribution in [3.63, 3.8) is 0 Å². The average Bonchev–Trinajstić information content (AvgIpc) is 2.16. The van der Waals surface area contributed by atoms with E-state index in [1.165, 1.54) is 0 Å². The number of nitrogens with zero attached hydrogens (tertiary/aromatic N) is 1. The van der Waals surface area contributed by atoms with Gasteiger partial charge in [0.25, 0.3) is 5.56 Å². The largest absolute Gasteiger partial charge is 0.281 e. The van der Waals surface area contributed by atoms with Crippen LogP contribution in [0.3, 0.4) is 0 Å². The Bertz CT molecular complexity index is 544. The van der Waals surface area contributed by atoms with Gasteiger partial charge in [0, 0.05) is 11.8 Å². The molecule has 0 aliphatic carbocycles. The fraction of sp³-hybridized carbons (Fsp3) is 0.250. The zero-order valence-electron chi connectivity index (χ0n) is 8.66. The Hall–Kier alpha value is -1.57. The van der Waals surface area contributed by atoms with Crippen LogP contribution in [0, 0.1) is 20.8 Å². The molecular formula is C12H13NO. The van der Waals surface area contributed by atoms with Gasteiger partial charge in [0.05, 0.1) is 5.52 Å². The van der Waals surface area contributed by atoms with Gasteiger partial charge in [-0.25, -0.2) is 0 Å². The summed E-state index contributed by atoms with van der Waals surface area (Å²) in [5.74, 6) is 0. The molecule has 0 atom stereocenters. The molecule has 0 spiro atoms. The minimum absolute atomic E-state index is 0.0480. The molecule has 0 aliphatic heterocycles. The Morgan fingerprint density at radius 2 is 1.50 bits per heavy atom. The van der Waals surface area contributed by atoms with E-state index >= 15 is 0 Å². The van der Waals surface area contributed by atoms with Crippen molar-refractivity contribution in [2.24, 2.45) is 0 Å². The van der Waals surface area contributed by atoms with Crippen LogP contribution in [0.4, 0.5) is 0 Å². The van der Waals surface area contributed by atoms with E-state index in [-0.39, 0.29) is 5.56 Å². The second kappa shape index (κ2) is 2.98. The predicted octanol–water partition coefficient (Wildman–Crippen LogP) is 2.22. The van der Waals surface area contributed by atoms with E-state index < -0.39 is 0 Å². The third-order valence-electron chi connectivity index (χ3n) is 2.59. The van der Waals surface area contributed by atoms with Crippen LogP contribution in [0.25, 0.3) is 5.52 Å². The number of hydrogen-bond acceptors (Lipinski definition) is 1. The van der Waals surface area contributed by atoms with Gasteiger partial charge in [-0.3, -0.25) is 9.20 Å². The first-order valence-corrected chi connectivity index (χ1v) is 4.70. The number of hydrogen-bond donors (Lipinski definition) is 0. The van der Waals surface area contributed by atoms with E-state index in [0.717, 1.165) is 22.3 Å². The second-order valence-corrected chi connectivity index (χ2v) is 3.70. The molecule has 2 aromatic rings. The zero-order chi connectivity index (χ0) is 10.3. The van der Waals surface area contributed by atoms with Crippen molar-refractivity contribution < 1.29 is 0 Å². The van der Waals surface area contributed by atoms with Crippen molar-refractivity contribution in [2.45, 2.75) is 20.8 Å². The van der Waals surface area contributed by atoms with Gasteiger partial charge in [-0.1, -0.05) is 12.1 Å². The Labute approximate surface area is 82.8 Å². The van der Waals surface area contributed by atoms with Crippen LogP contribution in [-0.2, 0) is 0 Å². The normalized spacial score (nSPS) is 10.8. The maximum atomic E-state index is 11.7. The van der Waals surface area contributed by atoms with Crippen molar-refractivity contribution >= 4 is 5.52 Å². The molecule has 2 rings (SSSR count). The van der Waals surface area contributed by atoms with Crippen molar-refractivity contribution in [1.82, 2.24) is 4.40 Å². The monoisotopic (exact) mass is 187 g/mol. The number of pyridine rings is 2. The molecule has 0 saturated carbocycles. The fourth-order valence-electron chi connectivity index (χ4n) is 1.87. The van der Waals surface area contributed by atoms with Crippen molar-refractivity contribution in [1.29, 1.82) is 0 Å². The first-order valence-electron chi connectivity index (χ1n) is 4.70. The Balaban J connectivity index is 3.14. The molecule has 0 aromatic carbocycles. The number of aryl methyl sites for hydroxylation is 3. The lowest BCUT2D eigenvalue weighted by Crippen LogP contribution is -2.15. The minimum Gasteiger partial charge on any atom is -0.281 e. The Morgan fingerprint density at radius 3 is 2.07 bits per heavy atom. The lowest BCUT2D eigenvalue weighted by atomic mass is 10.1. The molecule has 2 aromatic heterocycles. The number of rotatable bonds is 0. The molecule has 0 N–H and O–H groups in total. The highest BCUT2D eigenvalue weighted by Crippen LogP contribution is 2.14. The molecule has 0 fully saturated rings. The van der Waals surface area contributed by atoms with Gasteiger partial charge < -0.3 is 0 Å². The van der Waals surface area contributed by atoms with Gasteiger partial charge in [0.15, 0.2) is 0 Å². The van der Waals surface area contributed by atoms with Crippen molar-refractivity contribution in [3.8, 4) is 0 Å².